The number of nitrogens with one attached hydrogen (secondary N) is 2. The molecule has 0 aliphatic rings. The van der Waals surface area contributed by atoms with Crippen molar-refractivity contribution < 1.29 is 9.59 Å². The van der Waals surface area contributed by atoms with Gasteiger partial charge in [-0.3, -0.25) is 4.79 Å². The Morgan fingerprint density at radius 1 is 1.32 bits per heavy atom. The quantitative estimate of drug-likeness (QED) is 0.339. The highest BCUT2D eigenvalue weighted by Crippen LogP contribution is 2.02. The Balaban J connectivity index is 0.000000711. The first-order valence-electron chi connectivity index (χ1n) is 5.89. The maximum absolute atomic E-state index is 11.5. The van der Waals surface area contributed by atoms with Gasteiger partial charge in [0.25, 0.3) is 5.91 Å². The smallest absolute Gasteiger partial charge is 0.252 e. The van der Waals surface area contributed by atoms with Gasteiger partial charge in [0.1, 0.15) is 11.6 Å². The molecule has 6 N–H and O–H groups in total. The Morgan fingerprint density at radius 2 is 1.95 bits per heavy atom. The summed E-state index contributed by atoms with van der Waals surface area (Å²) in [6, 6.07) is 3.29. The Morgan fingerprint density at radius 3 is 2.37 bits per heavy atom. The first-order valence-corrected chi connectivity index (χ1v) is 5.89. The van der Waals surface area contributed by atoms with Crippen LogP contribution in [0.15, 0.2) is 18.3 Å². The van der Waals surface area contributed by atoms with Crippen molar-refractivity contribution >= 4 is 17.5 Å². The van der Waals surface area contributed by atoms with E-state index < -0.39 is 0 Å². The number of Topliss-reactive ketones (excluding diaryl/α,β-unsaturated/α-hetero) is 1. The van der Waals surface area contributed by atoms with Crippen molar-refractivity contribution in [2.24, 2.45) is 11.6 Å². The fourth-order valence-electron chi connectivity index (χ4n) is 1.02. The topological polar surface area (TPSA) is 123 Å². The van der Waals surface area contributed by atoms with Gasteiger partial charge >= 0.3 is 0 Å². The van der Waals surface area contributed by atoms with E-state index in [1.54, 1.807) is 12.1 Å². The molecule has 0 aromatic carbocycles. The van der Waals surface area contributed by atoms with Gasteiger partial charge in [0.15, 0.2) is 0 Å². The van der Waals surface area contributed by atoms with E-state index in [1.807, 2.05) is 0 Å². The van der Waals surface area contributed by atoms with Gasteiger partial charge in [-0.2, -0.15) is 0 Å². The zero-order chi connectivity index (χ0) is 14.7. The predicted molar refractivity (Wildman–Crippen MR) is 74.4 cm³/mol. The maximum atomic E-state index is 11.5. The molecule has 0 saturated heterocycles. The predicted octanol–water partition coefficient (Wildman–Crippen LogP) is 0.0411. The number of carbonyl (C=O) groups is 2. The summed E-state index contributed by atoms with van der Waals surface area (Å²) in [5.41, 5.74) is 8.20. The number of hydrogen-bond donors (Lipinski definition) is 4. The molecule has 0 saturated carbocycles. The van der Waals surface area contributed by atoms with Gasteiger partial charge in [-0.05, 0) is 38.9 Å². The number of nitrogens with zero attached hydrogens (tertiary/aromatic N) is 1. The highest BCUT2D eigenvalue weighted by atomic mass is 16.1. The zero-order valence-corrected chi connectivity index (χ0v) is 11.3. The zero-order valence-electron chi connectivity index (χ0n) is 11.3. The van der Waals surface area contributed by atoms with Gasteiger partial charge in [0, 0.05) is 12.7 Å². The molecule has 1 heterocycles. The molecule has 0 unspecified atom stereocenters. The SMILES string of the molecule is CC(C)=O.NCCCNC(=O)c1ccc(NN)nc1. The number of amides is 1. The molecule has 0 bridgehead atoms. The summed E-state index contributed by atoms with van der Waals surface area (Å²) in [7, 11) is 0. The van der Waals surface area contributed by atoms with Gasteiger partial charge in [-0.25, -0.2) is 10.8 Å². The lowest BCUT2D eigenvalue weighted by Gasteiger charge is -2.04. The first kappa shape index (κ1) is 17.0. The largest absolute Gasteiger partial charge is 0.352 e. The van der Waals surface area contributed by atoms with Crippen LogP contribution in [0.4, 0.5) is 5.82 Å². The van der Waals surface area contributed by atoms with Crippen LogP contribution in [0, 0.1) is 0 Å². The van der Waals surface area contributed by atoms with Crippen LogP contribution in [0.5, 0.6) is 0 Å². The number of ketones is 1. The lowest BCUT2D eigenvalue weighted by atomic mass is 10.2. The molecule has 0 aliphatic heterocycles. The average molecular weight is 267 g/mol. The fraction of sp³-hybridized carbons (Fsp3) is 0.417. The van der Waals surface area contributed by atoms with E-state index in [0.29, 0.717) is 24.5 Å². The fourth-order valence-corrected chi connectivity index (χ4v) is 1.02. The van der Waals surface area contributed by atoms with Crippen LogP contribution in [0.25, 0.3) is 0 Å². The van der Waals surface area contributed by atoms with Crippen LogP contribution < -0.4 is 22.3 Å². The minimum atomic E-state index is -0.153. The molecule has 1 rings (SSSR count). The molecular weight excluding hydrogens is 246 g/mol. The normalized spacial score (nSPS) is 9.05. The van der Waals surface area contributed by atoms with Gasteiger partial charge in [-0.1, -0.05) is 0 Å². The summed E-state index contributed by atoms with van der Waals surface area (Å²) in [6.45, 7) is 4.20. The van der Waals surface area contributed by atoms with Gasteiger partial charge in [-0.15, -0.1) is 0 Å². The third kappa shape index (κ3) is 8.70. The van der Waals surface area contributed by atoms with Crippen molar-refractivity contribution in [3.05, 3.63) is 23.9 Å². The van der Waals surface area contributed by atoms with Crippen molar-refractivity contribution in [2.75, 3.05) is 18.5 Å². The van der Waals surface area contributed by atoms with E-state index in [9.17, 15) is 9.59 Å². The molecular formula is C12H21N5O2. The third-order valence-electron chi connectivity index (χ3n) is 1.84. The van der Waals surface area contributed by atoms with Crippen molar-refractivity contribution in [3.8, 4) is 0 Å². The summed E-state index contributed by atoms with van der Waals surface area (Å²) < 4.78 is 0. The molecule has 0 aliphatic carbocycles. The van der Waals surface area contributed by atoms with Crippen LogP contribution in [0.2, 0.25) is 0 Å². The highest BCUT2D eigenvalue weighted by Gasteiger charge is 2.04. The Kier molecular flexibility index (Phi) is 8.94. The second-order valence-corrected chi connectivity index (χ2v) is 3.88. The molecule has 1 aromatic rings. The molecule has 7 heteroatoms. The third-order valence-corrected chi connectivity index (χ3v) is 1.84. The molecule has 0 radical (unpaired) electrons. The van der Waals surface area contributed by atoms with Crippen LogP contribution in [-0.2, 0) is 4.79 Å². The van der Waals surface area contributed by atoms with Gasteiger partial charge in [0.2, 0.25) is 0 Å². The minimum absolute atomic E-state index is 0.153. The Labute approximate surface area is 112 Å². The van der Waals surface area contributed by atoms with Crippen molar-refractivity contribution in [1.82, 2.24) is 10.3 Å². The maximum Gasteiger partial charge on any atom is 0.252 e. The lowest BCUT2D eigenvalue weighted by molar-refractivity contribution is -0.114. The number of aromatic nitrogens is 1. The van der Waals surface area contributed by atoms with Crippen molar-refractivity contribution in [3.63, 3.8) is 0 Å². The van der Waals surface area contributed by atoms with Crippen LogP contribution in [0.3, 0.4) is 0 Å². The van der Waals surface area contributed by atoms with Crippen molar-refractivity contribution in [2.45, 2.75) is 20.3 Å². The Hall–Kier alpha value is -1.99. The number of anilines is 1. The number of hydrogen-bond acceptors (Lipinski definition) is 6. The lowest BCUT2D eigenvalue weighted by Crippen LogP contribution is -2.26. The summed E-state index contributed by atoms with van der Waals surface area (Å²) in [5.74, 6) is 5.68. The summed E-state index contributed by atoms with van der Waals surface area (Å²) in [4.78, 5) is 24.8. The standard InChI is InChI=1S/C9H15N5O.C3H6O/c10-4-1-5-12-9(15)7-2-3-8(14-11)13-6-7;1-3(2)4/h2-3,6H,1,4-5,10-11H2,(H,12,15)(H,13,14);1-2H3. The van der Waals surface area contributed by atoms with E-state index >= 15 is 0 Å². The van der Waals surface area contributed by atoms with Crippen LogP contribution in [0.1, 0.15) is 30.6 Å². The van der Waals surface area contributed by atoms with E-state index in [4.69, 9.17) is 11.6 Å². The molecule has 0 fully saturated rings. The number of nitrogen functional groups attached to an aromatic ring is 1. The number of nitrogens with two attached hydrogens (primary N) is 2. The monoisotopic (exact) mass is 267 g/mol. The van der Waals surface area contributed by atoms with Crippen LogP contribution >= 0.6 is 0 Å². The van der Waals surface area contributed by atoms with E-state index in [-0.39, 0.29) is 11.7 Å². The molecule has 19 heavy (non-hydrogen) atoms. The van der Waals surface area contributed by atoms with Gasteiger partial charge < -0.3 is 21.3 Å². The van der Waals surface area contributed by atoms with Gasteiger partial charge in [0.05, 0.1) is 5.56 Å². The Bertz CT molecular complexity index is 388. The molecule has 106 valence electrons. The molecule has 0 atom stereocenters. The van der Waals surface area contributed by atoms with Crippen LogP contribution in [-0.4, -0.2) is 29.8 Å². The molecule has 1 amide bonds. The number of rotatable bonds is 5. The molecule has 7 nitrogen and oxygen atoms in total. The first-order chi connectivity index (χ1) is 9.01. The highest BCUT2D eigenvalue weighted by molar-refractivity contribution is 5.93. The minimum Gasteiger partial charge on any atom is -0.352 e. The van der Waals surface area contributed by atoms with Crippen molar-refractivity contribution in [1.29, 1.82) is 0 Å². The van der Waals surface area contributed by atoms with E-state index in [1.165, 1.54) is 20.0 Å². The summed E-state index contributed by atoms with van der Waals surface area (Å²) in [6.07, 6.45) is 2.23. The molecule has 1 aromatic heterocycles. The second kappa shape index (κ2) is 9.98. The summed E-state index contributed by atoms with van der Waals surface area (Å²) >= 11 is 0. The van der Waals surface area contributed by atoms with E-state index in [0.717, 1.165) is 6.42 Å². The second-order valence-electron chi connectivity index (χ2n) is 3.88. The number of carbonyl (C=O) groups excluding carboxylic acids is 2. The number of hydrazine groups is 1. The molecule has 0 spiro atoms. The summed E-state index contributed by atoms with van der Waals surface area (Å²) in [5, 5.41) is 2.73. The van der Waals surface area contributed by atoms with E-state index in [2.05, 4.69) is 15.7 Å². The number of pyridine rings is 1. The average Bonchev–Trinajstić information content (AvgIpc) is 2.38.